The van der Waals surface area contributed by atoms with Gasteiger partial charge in [-0.05, 0) is 32.9 Å². The summed E-state index contributed by atoms with van der Waals surface area (Å²) < 4.78 is 5.63. The normalized spacial score (nSPS) is 19.1. The maximum Gasteiger partial charge on any atom is 0.228 e. The third-order valence-electron chi connectivity index (χ3n) is 3.25. The molecule has 0 unspecified atom stereocenters. The summed E-state index contributed by atoms with van der Waals surface area (Å²) in [5, 5.41) is 3.40. The molecule has 1 amide bonds. The average molecular weight is 262 g/mol. The van der Waals surface area contributed by atoms with Crippen LogP contribution in [0.1, 0.15) is 27.2 Å². The molecule has 104 valence electrons. The Labute approximate surface area is 114 Å². The Morgan fingerprint density at radius 1 is 1.37 bits per heavy atom. The molecule has 4 heteroatoms. The van der Waals surface area contributed by atoms with E-state index in [2.05, 4.69) is 19.2 Å². The molecule has 1 aliphatic heterocycles. The van der Waals surface area contributed by atoms with E-state index < -0.39 is 0 Å². The van der Waals surface area contributed by atoms with Gasteiger partial charge in [0, 0.05) is 25.0 Å². The Balaban J connectivity index is 2.34. The lowest BCUT2D eigenvalue weighted by atomic mass is 10.1. The van der Waals surface area contributed by atoms with Gasteiger partial charge in [0.05, 0.1) is 12.3 Å². The molecule has 1 saturated heterocycles. The van der Waals surface area contributed by atoms with Crippen molar-refractivity contribution in [3.8, 4) is 5.75 Å². The van der Waals surface area contributed by atoms with Crippen LogP contribution in [-0.2, 0) is 4.79 Å². The van der Waals surface area contributed by atoms with E-state index in [1.54, 1.807) is 0 Å². The van der Waals surface area contributed by atoms with Gasteiger partial charge in [-0.2, -0.15) is 0 Å². The summed E-state index contributed by atoms with van der Waals surface area (Å²) in [6.45, 7) is 8.14. The van der Waals surface area contributed by atoms with Crippen molar-refractivity contribution >= 4 is 11.6 Å². The third kappa shape index (κ3) is 3.26. The van der Waals surface area contributed by atoms with Gasteiger partial charge in [0.1, 0.15) is 5.75 Å². The van der Waals surface area contributed by atoms with E-state index in [-0.39, 0.29) is 11.4 Å². The van der Waals surface area contributed by atoms with Gasteiger partial charge in [-0.3, -0.25) is 4.79 Å². The van der Waals surface area contributed by atoms with Gasteiger partial charge in [-0.15, -0.1) is 0 Å². The first-order valence-corrected chi connectivity index (χ1v) is 6.81. The van der Waals surface area contributed by atoms with Crippen molar-refractivity contribution in [1.82, 2.24) is 5.32 Å². The fourth-order valence-corrected chi connectivity index (χ4v) is 2.36. The molecular formula is C15H22N2O2. The van der Waals surface area contributed by atoms with Crippen molar-refractivity contribution in [3.63, 3.8) is 0 Å². The van der Waals surface area contributed by atoms with Crippen LogP contribution < -0.4 is 15.0 Å². The van der Waals surface area contributed by atoms with Gasteiger partial charge in [-0.1, -0.05) is 12.1 Å². The molecule has 0 spiro atoms. The fourth-order valence-electron chi connectivity index (χ4n) is 2.36. The summed E-state index contributed by atoms with van der Waals surface area (Å²) >= 11 is 0. The van der Waals surface area contributed by atoms with Crippen molar-refractivity contribution in [1.29, 1.82) is 0 Å². The lowest BCUT2D eigenvalue weighted by Gasteiger charge is -2.31. The molecule has 1 heterocycles. The zero-order valence-electron chi connectivity index (χ0n) is 11.9. The number of amides is 1. The highest BCUT2D eigenvalue weighted by molar-refractivity contribution is 5.95. The molecule has 0 atom stereocenters. The van der Waals surface area contributed by atoms with Crippen molar-refractivity contribution in [3.05, 3.63) is 24.3 Å². The maximum absolute atomic E-state index is 12.3. The number of para-hydroxylation sites is 2. The van der Waals surface area contributed by atoms with Crippen LogP contribution in [0.2, 0.25) is 0 Å². The number of anilines is 1. The Bertz CT molecular complexity index is 457. The van der Waals surface area contributed by atoms with Crippen LogP contribution in [0.15, 0.2) is 24.3 Å². The monoisotopic (exact) mass is 262 g/mol. The maximum atomic E-state index is 12.3. The van der Waals surface area contributed by atoms with Crippen molar-refractivity contribution in [2.24, 2.45) is 0 Å². The van der Waals surface area contributed by atoms with Crippen molar-refractivity contribution in [2.75, 3.05) is 24.6 Å². The molecule has 1 N–H and O–H groups in total. The van der Waals surface area contributed by atoms with Crippen LogP contribution in [0, 0.1) is 0 Å². The number of nitrogens with one attached hydrogen (secondary N) is 1. The third-order valence-corrected chi connectivity index (χ3v) is 3.25. The predicted molar refractivity (Wildman–Crippen MR) is 76.7 cm³/mol. The van der Waals surface area contributed by atoms with E-state index in [4.69, 9.17) is 4.74 Å². The second-order valence-electron chi connectivity index (χ2n) is 5.44. The number of hydrogen-bond acceptors (Lipinski definition) is 3. The zero-order valence-corrected chi connectivity index (χ0v) is 11.9. The molecule has 0 radical (unpaired) electrons. The predicted octanol–water partition coefficient (Wildman–Crippen LogP) is 2.19. The van der Waals surface area contributed by atoms with E-state index in [9.17, 15) is 4.79 Å². The van der Waals surface area contributed by atoms with Gasteiger partial charge in [-0.25, -0.2) is 0 Å². The first-order valence-electron chi connectivity index (χ1n) is 6.81. The zero-order chi connectivity index (χ0) is 13.9. The number of carbonyl (C=O) groups excluding carboxylic acids is 1. The Hall–Kier alpha value is -1.55. The topological polar surface area (TPSA) is 41.6 Å². The molecule has 1 aliphatic rings. The quantitative estimate of drug-likeness (QED) is 0.908. The van der Waals surface area contributed by atoms with E-state index in [1.165, 1.54) is 0 Å². The molecule has 1 aromatic rings. The molecule has 1 fully saturated rings. The highest BCUT2D eigenvalue weighted by Crippen LogP contribution is 2.30. The standard InChI is InChI=1S/C15H22N2O2/c1-4-19-13-8-6-5-7-12(13)17-11-15(2,3)16-10-9-14(17)18/h5-8,16H,4,9-11H2,1-3H3. The molecule has 4 nitrogen and oxygen atoms in total. The van der Waals surface area contributed by atoms with E-state index in [0.29, 0.717) is 19.6 Å². The average Bonchev–Trinajstić information content (AvgIpc) is 2.49. The lowest BCUT2D eigenvalue weighted by molar-refractivity contribution is -0.118. The van der Waals surface area contributed by atoms with Crippen molar-refractivity contribution in [2.45, 2.75) is 32.7 Å². The van der Waals surface area contributed by atoms with E-state index in [1.807, 2.05) is 36.1 Å². The number of hydrogen-bond donors (Lipinski definition) is 1. The first kappa shape index (κ1) is 13.9. The highest BCUT2D eigenvalue weighted by atomic mass is 16.5. The summed E-state index contributed by atoms with van der Waals surface area (Å²) in [6.07, 6.45) is 0.518. The molecule has 19 heavy (non-hydrogen) atoms. The minimum atomic E-state index is -0.0918. The van der Waals surface area contributed by atoms with Crippen LogP contribution in [0.3, 0.4) is 0 Å². The summed E-state index contributed by atoms with van der Waals surface area (Å²) in [7, 11) is 0. The van der Waals surface area contributed by atoms with Crippen LogP contribution >= 0.6 is 0 Å². The van der Waals surface area contributed by atoms with Crippen LogP contribution in [0.5, 0.6) is 5.75 Å². The molecule has 1 aromatic carbocycles. The Kier molecular flexibility index (Phi) is 4.10. The van der Waals surface area contributed by atoms with Gasteiger partial charge in [0.25, 0.3) is 0 Å². The smallest absolute Gasteiger partial charge is 0.228 e. The number of benzene rings is 1. The first-order chi connectivity index (χ1) is 9.03. The number of ether oxygens (including phenoxy) is 1. The molecule has 0 saturated carbocycles. The summed E-state index contributed by atoms with van der Waals surface area (Å²) in [4.78, 5) is 14.1. The minimum Gasteiger partial charge on any atom is -0.492 e. The SMILES string of the molecule is CCOc1ccccc1N1CC(C)(C)NCCC1=O. The van der Waals surface area contributed by atoms with Gasteiger partial charge < -0.3 is 15.0 Å². The van der Waals surface area contributed by atoms with Crippen LogP contribution in [0.4, 0.5) is 5.69 Å². The number of nitrogens with zero attached hydrogens (tertiary/aromatic N) is 1. The molecule has 0 aliphatic carbocycles. The minimum absolute atomic E-state index is 0.0918. The van der Waals surface area contributed by atoms with E-state index in [0.717, 1.165) is 18.0 Å². The molecule has 0 bridgehead atoms. The Morgan fingerprint density at radius 3 is 2.84 bits per heavy atom. The highest BCUT2D eigenvalue weighted by Gasteiger charge is 2.30. The largest absolute Gasteiger partial charge is 0.492 e. The summed E-state index contributed by atoms with van der Waals surface area (Å²) in [6, 6.07) is 7.73. The van der Waals surface area contributed by atoms with E-state index >= 15 is 0 Å². The Morgan fingerprint density at radius 2 is 2.11 bits per heavy atom. The van der Waals surface area contributed by atoms with Crippen LogP contribution in [0.25, 0.3) is 0 Å². The number of rotatable bonds is 3. The summed E-state index contributed by atoms with van der Waals surface area (Å²) in [5.41, 5.74) is 0.775. The summed E-state index contributed by atoms with van der Waals surface area (Å²) in [5.74, 6) is 0.918. The molecular weight excluding hydrogens is 240 g/mol. The lowest BCUT2D eigenvalue weighted by Crippen LogP contribution is -2.47. The van der Waals surface area contributed by atoms with Crippen molar-refractivity contribution < 1.29 is 9.53 Å². The molecule has 2 rings (SSSR count). The second kappa shape index (κ2) is 5.61. The number of carbonyl (C=O) groups is 1. The van der Waals surface area contributed by atoms with Gasteiger partial charge >= 0.3 is 0 Å². The van der Waals surface area contributed by atoms with Crippen LogP contribution in [-0.4, -0.2) is 31.1 Å². The van der Waals surface area contributed by atoms with Gasteiger partial charge in [0.2, 0.25) is 5.91 Å². The molecule has 0 aromatic heterocycles. The fraction of sp³-hybridized carbons (Fsp3) is 0.533. The second-order valence-corrected chi connectivity index (χ2v) is 5.44. The van der Waals surface area contributed by atoms with Gasteiger partial charge in [0.15, 0.2) is 0 Å².